The van der Waals surface area contributed by atoms with E-state index in [-0.39, 0.29) is 12.1 Å². The molecule has 0 radical (unpaired) electrons. The van der Waals surface area contributed by atoms with Gasteiger partial charge in [0.1, 0.15) is 0 Å². The number of allylic oxidation sites excluding steroid dienone is 2. The summed E-state index contributed by atoms with van der Waals surface area (Å²) in [5.74, 6) is 0. The van der Waals surface area contributed by atoms with E-state index in [4.69, 9.17) is 0 Å². The Kier molecular flexibility index (Phi) is 5.46. The highest BCUT2D eigenvalue weighted by atomic mass is 19.3. The van der Waals surface area contributed by atoms with Crippen LogP contribution in [0.15, 0.2) is 16.8 Å². The van der Waals surface area contributed by atoms with Crippen LogP contribution in [-0.4, -0.2) is 42.9 Å². The van der Waals surface area contributed by atoms with Crippen molar-refractivity contribution in [3.05, 3.63) is 21.9 Å². The van der Waals surface area contributed by atoms with Crippen molar-refractivity contribution >= 4 is 5.71 Å². The molecule has 0 amide bonds. The Balaban J connectivity index is 2.82. The van der Waals surface area contributed by atoms with Gasteiger partial charge in [0.05, 0.1) is 4.92 Å². The predicted octanol–water partition coefficient (Wildman–Crippen LogP) is 1.96. The predicted molar refractivity (Wildman–Crippen MR) is 65.0 cm³/mol. The Hall–Kier alpha value is -1.44. The fourth-order valence-corrected chi connectivity index (χ4v) is 1.87. The number of rotatable bonds is 6. The average molecular weight is 279 g/mol. The van der Waals surface area contributed by atoms with Gasteiger partial charge in [0.2, 0.25) is 0 Å². The molecule has 0 aliphatic heterocycles. The molecule has 1 rings (SSSR count). The van der Waals surface area contributed by atoms with Crippen LogP contribution in [0.2, 0.25) is 0 Å². The van der Waals surface area contributed by atoms with Crippen LogP contribution in [-0.2, 0) is 0 Å². The third-order valence-corrected chi connectivity index (χ3v) is 2.88. The zero-order valence-corrected chi connectivity index (χ0v) is 10.5. The third-order valence-electron chi connectivity index (χ3n) is 2.88. The summed E-state index contributed by atoms with van der Waals surface area (Å²) < 4.78 is 39.6. The lowest BCUT2D eigenvalue weighted by Gasteiger charge is -2.25. The van der Waals surface area contributed by atoms with Crippen LogP contribution in [0.3, 0.4) is 0 Å². The summed E-state index contributed by atoms with van der Waals surface area (Å²) in [6, 6.07) is 0. The van der Waals surface area contributed by atoms with E-state index in [1.807, 2.05) is 0 Å². The summed E-state index contributed by atoms with van der Waals surface area (Å²) in [7, 11) is 1.77. The second-order valence-corrected chi connectivity index (χ2v) is 4.30. The fourth-order valence-electron chi connectivity index (χ4n) is 1.87. The summed E-state index contributed by atoms with van der Waals surface area (Å²) >= 11 is 0. The zero-order chi connectivity index (χ0) is 14.5. The van der Waals surface area contributed by atoms with E-state index in [1.165, 1.54) is 0 Å². The number of nitro groups is 1. The van der Waals surface area contributed by atoms with Crippen molar-refractivity contribution in [2.45, 2.75) is 31.4 Å². The van der Waals surface area contributed by atoms with Gasteiger partial charge >= 0.3 is 0 Å². The molecule has 0 spiro atoms. The molecule has 0 aromatic carbocycles. The first-order chi connectivity index (χ1) is 8.91. The molecular formula is C11H16F3N3O2. The van der Waals surface area contributed by atoms with Crippen molar-refractivity contribution in [1.82, 2.24) is 5.32 Å². The molecule has 1 N–H and O–H groups in total. The molecule has 108 valence electrons. The summed E-state index contributed by atoms with van der Waals surface area (Å²) in [5.41, 5.74) is -4.05. The second-order valence-electron chi connectivity index (χ2n) is 4.30. The van der Waals surface area contributed by atoms with Crippen LogP contribution in [0.1, 0.15) is 19.3 Å². The van der Waals surface area contributed by atoms with E-state index in [0.717, 1.165) is 6.08 Å². The molecule has 1 unspecified atom stereocenters. The van der Waals surface area contributed by atoms with Crippen LogP contribution < -0.4 is 5.32 Å². The van der Waals surface area contributed by atoms with Gasteiger partial charge < -0.3 is 5.32 Å². The Bertz CT molecular complexity index is 399. The first kappa shape index (κ1) is 15.6. The third kappa shape index (κ3) is 3.76. The summed E-state index contributed by atoms with van der Waals surface area (Å²) in [6.45, 7) is 1.10. The maximum absolute atomic E-state index is 14.1. The maximum atomic E-state index is 14.1. The molecule has 8 heteroatoms. The van der Waals surface area contributed by atoms with E-state index < -0.39 is 29.1 Å². The Morgan fingerprint density at radius 3 is 2.84 bits per heavy atom. The fraction of sp³-hybridized carbons (Fsp3) is 0.727. The topological polar surface area (TPSA) is 67.5 Å². The molecule has 1 aliphatic carbocycles. The molecule has 0 aromatic rings. The lowest BCUT2D eigenvalue weighted by Crippen LogP contribution is -2.42. The standard InChI is InChI=1S/C11H16F3N3O2/c1-15-5-2-6-16-8-3-4-9(17(18)19)11(14,7-8)10(12)13/h4,10,15H,2-3,5-7H2,1H3. The first-order valence-corrected chi connectivity index (χ1v) is 5.90. The Labute approximate surface area is 108 Å². The molecule has 1 atom stereocenters. The highest BCUT2D eigenvalue weighted by Crippen LogP contribution is 2.37. The highest BCUT2D eigenvalue weighted by Gasteiger charge is 2.54. The summed E-state index contributed by atoms with van der Waals surface area (Å²) in [6.07, 6.45) is -2.51. The number of halogens is 3. The lowest BCUT2D eigenvalue weighted by molar-refractivity contribution is -0.445. The molecule has 5 nitrogen and oxygen atoms in total. The molecule has 1 aliphatic rings. The second kappa shape index (κ2) is 6.65. The molecule has 19 heavy (non-hydrogen) atoms. The number of alkyl halides is 3. The van der Waals surface area contributed by atoms with Crippen molar-refractivity contribution in [3.63, 3.8) is 0 Å². The van der Waals surface area contributed by atoms with Gasteiger partial charge in [0, 0.05) is 25.1 Å². The summed E-state index contributed by atoms with van der Waals surface area (Å²) in [4.78, 5) is 13.5. The van der Waals surface area contributed by atoms with Gasteiger partial charge in [-0.25, -0.2) is 13.2 Å². The molecule has 0 aromatic heterocycles. The van der Waals surface area contributed by atoms with Gasteiger partial charge in [-0.3, -0.25) is 15.1 Å². The van der Waals surface area contributed by atoms with Crippen molar-refractivity contribution in [1.29, 1.82) is 0 Å². The van der Waals surface area contributed by atoms with Crippen molar-refractivity contribution in [2.24, 2.45) is 4.99 Å². The SMILES string of the molecule is CNCCCN=C1CC=C([N+](=O)[O-])C(F)(C(F)F)C1. The number of nitrogens with one attached hydrogen (secondary N) is 1. The van der Waals surface area contributed by atoms with E-state index in [9.17, 15) is 23.3 Å². The molecule has 0 saturated heterocycles. The van der Waals surface area contributed by atoms with E-state index in [1.54, 1.807) is 7.05 Å². The molecule has 0 bridgehead atoms. The van der Waals surface area contributed by atoms with Gasteiger partial charge in [-0.2, -0.15) is 0 Å². The van der Waals surface area contributed by atoms with Crippen LogP contribution in [0.5, 0.6) is 0 Å². The molecular weight excluding hydrogens is 263 g/mol. The minimum Gasteiger partial charge on any atom is -0.320 e. The molecule has 0 heterocycles. The van der Waals surface area contributed by atoms with E-state index >= 15 is 0 Å². The van der Waals surface area contributed by atoms with E-state index in [2.05, 4.69) is 10.3 Å². The van der Waals surface area contributed by atoms with Gasteiger partial charge in [0.25, 0.3) is 17.8 Å². The number of aliphatic imine (C=N–C) groups is 1. The Morgan fingerprint density at radius 2 is 2.32 bits per heavy atom. The van der Waals surface area contributed by atoms with Gasteiger partial charge in [0.15, 0.2) is 0 Å². The minimum absolute atomic E-state index is 0.0499. The van der Waals surface area contributed by atoms with Crippen LogP contribution in [0.4, 0.5) is 13.2 Å². The smallest absolute Gasteiger partial charge is 0.286 e. The van der Waals surface area contributed by atoms with Crippen molar-refractivity contribution in [2.75, 3.05) is 20.1 Å². The molecule has 0 fully saturated rings. The first-order valence-electron chi connectivity index (χ1n) is 5.90. The maximum Gasteiger partial charge on any atom is 0.286 e. The van der Waals surface area contributed by atoms with Gasteiger partial charge in [-0.15, -0.1) is 0 Å². The zero-order valence-electron chi connectivity index (χ0n) is 10.5. The van der Waals surface area contributed by atoms with Crippen LogP contribution in [0.25, 0.3) is 0 Å². The number of nitrogens with zero attached hydrogens (tertiary/aromatic N) is 2. The van der Waals surface area contributed by atoms with Crippen LogP contribution >= 0.6 is 0 Å². The van der Waals surface area contributed by atoms with Crippen molar-refractivity contribution in [3.8, 4) is 0 Å². The normalized spacial score (nSPS) is 25.7. The number of hydrogen-bond donors (Lipinski definition) is 1. The lowest BCUT2D eigenvalue weighted by atomic mass is 9.88. The largest absolute Gasteiger partial charge is 0.320 e. The van der Waals surface area contributed by atoms with Gasteiger partial charge in [-0.1, -0.05) is 0 Å². The van der Waals surface area contributed by atoms with E-state index in [0.29, 0.717) is 19.5 Å². The van der Waals surface area contributed by atoms with Crippen LogP contribution in [0, 0.1) is 10.1 Å². The van der Waals surface area contributed by atoms with Crippen molar-refractivity contribution < 1.29 is 18.1 Å². The summed E-state index contributed by atoms with van der Waals surface area (Å²) in [5, 5.41) is 13.5. The quantitative estimate of drug-likeness (QED) is 0.459. The number of hydrogen-bond acceptors (Lipinski definition) is 4. The minimum atomic E-state index is -3.44. The average Bonchev–Trinajstić information content (AvgIpc) is 2.34. The monoisotopic (exact) mass is 279 g/mol. The molecule has 0 saturated carbocycles. The van der Waals surface area contributed by atoms with Gasteiger partial charge in [-0.05, 0) is 26.1 Å². The Morgan fingerprint density at radius 1 is 1.63 bits per heavy atom. The highest BCUT2D eigenvalue weighted by molar-refractivity contribution is 5.88.